The number of aliphatic hydroxyl groups excluding tert-OH is 2. The zero-order chi connectivity index (χ0) is 25.7. The predicted octanol–water partition coefficient (Wildman–Crippen LogP) is 2.95. The standard InChI is InChI=1S/C21H22F3N4O7P/c22-21(23,24)12-3-1-2-11(8-12)14-5-7-32-36(31,35-14)33-9-15-16(29)17(30)20(34-15)28-6-4-13-18(25)26-10-27-19(13)28/h1-4,6,8,10,14-17,20,29-30H,5,7,9H2,(H2,25,26,27)/t14-,15+,16+,17+,20+,36?/m0/s1. The lowest BCUT2D eigenvalue weighted by molar-refractivity contribution is -0.137. The van der Waals surface area contributed by atoms with E-state index in [1.54, 1.807) is 12.3 Å². The maximum absolute atomic E-state index is 13.1. The molecule has 2 saturated heterocycles. The van der Waals surface area contributed by atoms with Gasteiger partial charge in [-0.2, -0.15) is 13.2 Å². The van der Waals surface area contributed by atoms with E-state index in [9.17, 15) is 27.9 Å². The third kappa shape index (κ3) is 4.73. The second kappa shape index (κ2) is 9.38. The third-order valence-electron chi connectivity index (χ3n) is 6.02. The normalized spacial score (nSPS) is 31.2. The van der Waals surface area contributed by atoms with Crippen LogP contribution in [0.4, 0.5) is 19.0 Å². The van der Waals surface area contributed by atoms with Gasteiger partial charge in [0, 0.05) is 12.6 Å². The highest BCUT2D eigenvalue weighted by Crippen LogP contribution is 2.57. The summed E-state index contributed by atoms with van der Waals surface area (Å²) in [7, 11) is -4.21. The maximum atomic E-state index is 13.1. The van der Waals surface area contributed by atoms with Crippen LogP contribution in [0.2, 0.25) is 0 Å². The summed E-state index contributed by atoms with van der Waals surface area (Å²) in [5.41, 5.74) is 5.51. The molecule has 0 radical (unpaired) electrons. The first-order chi connectivity index (χ1) is 17.1. The van der Waals surface area contributed by atoms with Gasteiger partial charge in [0.25, 0.3) is 0 Å². The van der Waals surface area contributed by atoms with Crippen LogP contribution in [0.3, 0.4) is 0 Å². The van der Waals surface area contributed by atoms with Crippen LogP contribution >= 0.6 is 7.82 Å². The number of aromatic nitrogens is 3. The minimum atomic E-state index is -4.54. The number of nitrogens with zero attached hydrogens (tertiary/aromatic N) is 3. The monoisotopic (exact) mass is 530 g/mol. The molecule has 6 atom stereocenters. The minimum absolute atomic E-state index is 0.0893. The zero-order valence-electron chi connectivity index (χ0n) is 18.5. The van der Waals surface area contributed by atoms with Crippen molar-refractivity contribution in [3.8, 4) is 0 Å². The lowest BCUT2D eigenvalue weighted by Gasteiger charge is -2.30. The largest absolute Gasteiger partial charge is 0.475 e. The first-order valence-corrected chi connectivity index (χ1v) is 12.3. The van der Waals surface area contributed by atoms with Gasteiger partial charge in [-0.3, -0.25) is 13.6 Å². The molecule has 5 rings (SSSR count). The van der Waals surface area contributed by atoms with Gasteiger partial charge in [0.2, 0.25) is 0 Å². The summed E-state index contributed by atoms with van der Waals surface area (Å²) in [5, 5.41) is 21.6. The van der Waals surface area contributed by atoms with Crippen LogP contribution in [0.15, 0.2) is 42.9 Å². The molecule has 0 saturated carbocycles. The highest BCUT2D eigenvalue weighted by Gasteiger charge is 2.46. The molecule has 4 N–H and O–H groups in total. The number of anilines is 1. The van der Waals surface area contributed by atoms with E-state index in [2.05, 4.69) is 9.97 Å². The van der Waals surface area contributed by atoms with Crippen molar-refractivity contribution < 1.29 is 46.3 Å². The second-order valence-corrected chi connectivity index (χ2v) is 9.97. The second-order valence-electron chi connectivity index (χ2n) is 8.35. The zero-order valence-corrected chi connectivity index (χ0v) is 19.4. The van der Waals surface area contributed by atoms with Crippen molar-refractivity contribution >= 4 is 24.7 Å². The van der Waals surface area contributed by atoms with E-state index in [0.29, 0.717) is 11.0 Å². The van der Waals surface area contributed by atoms with E-state index in [-0.39, 0.29) is 24.4 Å². The summed E-state index contributed by atoms with van der Waals surface area (Å²) in [5.74, 6) is 0.228. The molecule has 0 aliphatic carbocycles. The van der Waals surface area contributed by atoms with Gasteiger partial charge in [0.15, 0.2) is 6.23 Å². The van der Waals surface area contributed by atoms with Crippen LogP contribution < -0.4 is 5.73 Å². The van der Waals surface area contributed by atoms with Crippen molar-refractivity contribution in [2.75, 3.05) is 18.9 Å². The first kappa shape index (κ1) is 25.1. The topological polar surface area (TPSA) is 151 Å². The van der Waals surface area contributed by atoms with Crippen LogP contribution in [0.1, 0.15) is 29.9 Å². The number of nitrogens with two attached hydrogens (primary N) is 1. The minimum Gasteiger partial charge on any atom is -0.387 e. The Morgan fingerprint density at radius 2 is 2.03 bits per heavy atom. The van der Waals surface area contributed by atoms with Crippen LogP contribution in [-0.4, -0.2) is 56.3 Å². The molecule has 36 heavy (non-hydrogen) atoms. The van der Waals surface area contributed by atoms with Crippen molar-refractivity contribution in [1.29, 1.82) is 0 Å². The van der Waals surface area contributed by atoms with Gasteiger partial charge >= 0.3 is 14.0 Å². The van der Waals surface area contributed by atoms with Crippen molar-refractivity contribution in [2.24, 2.45) is 0 Å². The van der Waals surface area contributed by atoms with E-state index in [4.69, 9.17) is 24.0 Å². The Bertz CT molecular complexity index is 1310. The number of halogens is 3. The summed E-state index contributed by atoms with van der Waals surface area (Å²) in [6.07, 6.45) is -7.55. The van der Waals surface area contributed by atoms with Crippen molar-refractivity contribution in [2.45, 2.75) is 43.2 Å². The summed E-state index contributed by atoms with van der Waals surface area (Å²) >= 11 is 0. The average molecular weight is 530 g/mol. The molecule has 2 fully saturated rings. The number of hydrogen-bond donors (Lipinski definition) is 3. The number of phosphoric ester groups is 1. The Balaban J connectivity index is 1.27. The van der Waals surface area contributed by atoms with Gasteiger partial charge in [0.05, 0.1) is 30.3 Å². The van der Waals surface area contributed by atoms with E-state index >= 15 is 0 Å². The summed E-state index contributed by atoms with van der Waals surface area (Å²) < 4.78 is 75.4. The van der Waals surface area contributed by atoms with Crippen molar-refractivity contribution in [3.63, 3.8) is 0 Å². The van der Waals surface area contributed by atoms with Crippen LogP contribution in [0, 0.1) is 0 Å². The predicted molar refractivity (Wildman–Crippen MR) is 117 cm³/mol. The fourth-order valence-electron chi connectivity index (χ4n) is 4.18. The molecule has 15 heteroatoms. The van der Waals surface area contributed by atoms with Gasteiger partial charge < -0.3 is 25.3 Å². The van der Waals surface area contributed by atoms with Crippen LogP contribution in [0.5, 0.6) is 0 Å². The fourth-order valence-corrected chi connectivity index (χ4v) is 5.57. The molecule has 1 unspecified atom stereocenters. The lowest BCUT2D eigenvalue weighted by atomic mass is 10.0. The Kier molecular flexibility index (Phi) is 6.53. The number of benzene rings is 1. The molecule has 11 nitrogen and oxygen atoms in total. The Labute approximate surface area is 202 Å². The molecule has 2 aliphatic heterocycles. The Morgan fingerprint density at radius 1 is 1.22 bits per heavy atom. The van der Waals surface area contributed by atoms with Crippen LogP contribution in [-0.2, 0) is 29.0 Å². The highest BCUT2D eigenvalue weighted by molar-refractivity contribution is 7.48. The number of fused-ring (bicyclic) bond motifs is 1. The molecule has 0 spiro atoms. The molecule has 2 aromatic heterocycles. The molecule has 3 aromatic rings. The Morgan fingerprint density at radius 3 is 2.81 bits per heavy atom. The molecule has 4 heterocycles. The molecule has 1 aromatic carbocycles. The summed E-state index contributed by atoms with van der Waals surface area (Å²) in [6, 6.07) is 6.14. The number of alkyl halides is 3. The third-order valence-corrected chi connectivity index (χ3v) is 7.50. The summed E-state index contributed by atoms with van der Waals surface area (Å²) in [4.78, 5) is 8.03. The van der Waals surface area contributed by atoms with E-state index < -0.39 is 56.8 Å². The van der Waals surface area contributed by atoms with Gasteiger partial charge in [-0.25, -0.2) is 14.5 Å². The molecule has 194 valence electrons. The van der Waals surface area contributed by atoms with Crippen molar-refractivity contribution in [3.05, 3.63) is 54.0 Å². The lowest BCUT2D eigenvalue weighted by Crippen LogP contribution is -2.34. The van der Waals surface area contributed by atoms with Crippen LogP contribution in [0.25, 0.3) is 11.0 Å². The Hall–Kier alpha value is -2.58. The highest BCUT2D eigenvalue weighted by atomic mass is 31.2. The van der Waals surface area contributed by atoms with Gasteiger partial charge in [0.1, 0.15) is 36.1 Å². The van der Waals surface area contributed by atoms with E-state index in [0.717, 1.165) is 12.1 Å². The fraction of sp³-hybridized carbons (Fsp3) is 0.429. The average Bonchev–Trinajstić information content (AvgIpc) is 3.39. The number of ether oxygens (including phenoxy) is 1. The number of rotatable bonds is 5. The SMILES string of the molecule is Nc1ncnc2c1ccn2[C@@H]1O[C@H](COP2(=O)OCC[C@@H](c3cccc(C(F)(F)F)c3)O2)[C@@H](O)[C@H]1O. The molecular formula is C21H22F3N4O7P. The molecular weight excluding hydrogens is 508 g/mol. The number of phosphoric acid groups is 1. The van der Waals surface area contributed by atoms with Gasteiger partial charge in [-0.05, 0) is 23.8 Å². The number of hydrogen-bond acceptors (Lipinski definition) is 10. The smallest absolute Gasteiger partial charge is 0.387 e. The summed E-state index contributed by atoms with van der Waals surface area (Å²) in [6.45, 7) is -0.578. The molecule has 2 aliphatic rings. The maximum Gasteiger partial charge on any atom is 0.475 e. The molecule has 0 amide bonds. The van der Waals surface area contributed by atoms with Crippen molar-refractivity contribution in [1.82, 2.24) is 14.5 Å². The van der Waals surface area contributed by atoms with E-state index in [1.165, 1.54) is 23.0 Å². The molecule has 0 bridgehead atoms. The van der Waals surface area contributed by atoms with Gasteiger partial charge in [-0.15, -0.1) is 0 Å². The number of aliphatic hydroxyl groups is 2. The first-order valence-electron chi connectivity index (χ1n) is 10.9. The quantitative estimate of drug-likeness (QED) is 0.420. The van der Waals surface area contributed by atoms with Gasteiger partial charge in [-0.1, -0.05) is 12.1 Å². The number of nitrogen functional groups attached to an aromatic ring is 1. The van der Waals surface area contributed by atoms with E-state index in [1.807, 2.05) is 0 Å².